The molecule has 1 aromatic heterocycles. The van der Waals surface area contributed by atoms with Gasteiger partial charge in [0.15, 0.2) is 5.69 Å². The molecule has 14 heavy (non-hydrogen) atoms. The van der Waals surface area contributed by atoms with Gasteiger partial charge in [0.25, 0.3) is 0 Å². The van der Waals surface area contributed by atoms with Crippen LogP contribution in [0.2, 0.25) is 5.02 Å². The van der Waals surface area contributed by atoms with E-state index < -0.39 is 0 Å². The zero-order chi connectivity index (χ0) is 9.97. The number of thiazole rings is 1. The second kappa shape index (κ2) is 3.79. The normalized spacial score (nSPS) is 9.71. The molecule has 2 aromatic rings. The van der Waals surface area contributed by atoms with Crippen LogP contribution in [0.5, 0.6) is 0 Å². The minimum atomic E-state index is 0.449. The van der Waals surface area contributed by atoms with Gasteiger partial charge in [0.2, 0.25) is 0 Å². The van der Waals surface area contributed by atoms with Crippen LogP contribution in [0, 0.1) is 11.3 Å². The minimum absolute atomic E-state index is 0.449. The molecule has 2 nitrogen and oxygen atoms in total. The highest BCUT2D eigenvalue weighted by atomic mass is 35.5. The summed E-state index contributed by atoms with van der Waals surface area (Å²) in [5.74, 6) is 0. The van der Waals surface area contributed by atoms with E-state index in [-0.39, 0.29) is 0 Å². The molecule has 2 rings (SSSR count). The van der Waals surface area contributed by atoms with Crippen LogP contribution in [0.15, 0.2) is 29.6 Å². The standard InChI is InChI=1S/C10H5ClN2S/c11-8-3-1-2-7(4-8)10-13-9(5-12)6-14-10/h1-4,6H. The van der Waals surface area contributed by atoms with Crippen molar-refractivity contribution in [2.45, 2.75) is 0 Å². The molecule has 0 aliphatic rings. The summed E-state index contributed by atoms with van der Waals surface area (Å²) in [6.45, 7) is 0. The van der Waals surface area contributed by atoms with Crippen LogP contribution in [-0.2, 0) is 0 Å². The number of nitriles is 1. The van der Waals surface area contributed by atoms with Crippen molar-refractivity contribution < 1.29 is 0 Å². The third kappa shape index (κ3) is 1.77. The fraction of sp³-hybridized carbons (Fsp3) is 0. The Kier molecular flexibility index (Phi) is 2.49. The zero-order valence-electron chi connectivity index (χ0n) is 7.07. The van der Waals surface area contributed by atoms with E-state index in [1.54, 1.807) is 5.38 Å². The first-order valence-electron chi connectivity index (χ1n) is 3.91. The number of hydrogen-bond donors (Lipinski definition) is 0. The van der Waals surface area contributed by atoms with Crippen LogP contribution >= 0.6 is 22.9 Å². The molecular weight excluding hydrogens is 216 g/mol. The molecule has 0 unspecified atom stereocenters. The zero-order valence-corrected chi connectivity index (χ0v) is 8.64. The summed E-state index contributed by atoms with van der Waals surface area (Å²) >= 11 is 7.29. The molecular formula is C10H5ClN2S. The summed E-state index contributed by atoms with van der Waals surface area (Å²) in [6.07, 6.45) is 0. The molecule has 1 heterocycles. The summed E-state index contributed by atoms with van der Waals surface area (Å²) in [6, 6.07) is 9.43. The second-order valence-electron chi connectivity index (χ2n) is 2.66. The number of aromatic nitrogens is 1. The third-order valence-electron chi connectivity index (χ3n) is 1.69. The van der Waals surface area contributed by atoms with Gasteiger partial charge >= 0.3 is 0 Å². The van der Waals surface area contributed by atoms with Crippen LogP contribution in [0.4, 0.5) is 0 Å². The van der Waals surface area contributed by atoms with Gasteiger partial charge in [-0.1, -0.05) is 23.7 Å². The Bertz CT molecular complexity index is 499. The van der Waals surface area contributed by atoms with Crippen molar-refractivity contribution >= 4 is 22.9 Å². The molecule has 68 valence electrons. The molecule has 4 heteroatoms. The van der Waals surface area contributed by atoms with Gasteiger partial charge in [-0.3, -0.25) is 0 Å². The molecule has 1 aromatic carbocycles. The van der Waals surface area contributed by atoms with E-state index >= 15 is 0 Å². The first kappa shape index (κ1) is 9.20. The lowest BCUT2D eigenvalue weighted by Gasteiger charge is -1.95. The summed E-state index contributed by atoms with van der Waals surface area (Å²) in [7, 11) is 0. The lowest BCUT2D eigenvalue weighted by Crippen LogP contribution is -1.77. The Morgan fingerprint density at radius 3 is 2.93 bits per heavy atom. The Balaban J connectivity index is 2.45. The average Bonchev–Trinajstić information content (AvgIpc) is 2.66. The summed E-state index contributed by atoms with van der Waals surface area (Å²) in [4.78, 5) is 4.14. The van der Waals surface area contributed by atoms with Crippen molar-refractivity contribution in [1.82, 2.24) is 4.98 Å². The van der Waals surface area contributed by atoms with E-state index in [4.69, 9.17) is 16.9 Å². The second-order valence-corrected chi connectivity index (χ2v) is 3.95. The molecule has 0 saturated heterocycles. The number of halogens is 1. The quantitative estimate of drug-likeness (QED) is 0.739. The summed E-state index contributed by atoms with van der Waals surface area (Å²) < 4.78 is 0. The van der Waals surface area contributed by atoms with Crippen LogP contribution < -0.4 is 0 Å². The van der Waals surface area contributed by atoms with Crippen LogP contribution in [0.25, 0.3) is 10.6 Å². The Hall–Kier alpha value is -1.37. The van der Waals surface area contributed by atoms with E-state index in [1.165, 1.54) is 11.3 Å². The van der Waals surface area contributed by atoms with Gasteiger partial charge in [-0.2, -0.15) is 5.26 Å². The van der Waals surface area contributed by atoms with Crippen LogP contribution in [0.1, 0.15) is 5.69 Å². The van der Waals surface area contributed by atoms with Gasteiger partial charge in [-0.15, -0.1) is 11.3 Å². The molecule has 0 bridgehead atoms. The van der Waals surface area contributed by atoms with Gasteiger partial charge in [-0.25, -0.2) is 4.98 Å². The average molecular weight is 221 g/mol. The smallest absolute Gasteiger partial charge is 0.152 e. The topological polar surface area (TPSA) is 36.7 Å². The lowest BCUT2D eigenvalue weighted by molar-refractivity contribution is 1.33. The van der Waals surface area contributed by atoms with Gasteiger partial charge in [0.05, 0.1) is 0 Å². The highest BCUT2D eigenvalue weighted by Crippen LogP contribution is 2.25. The van der Waals surface area contributed by atoms with Crippen LogP contribution in [0.3, 0.4) is 0 Å². The van der Waals surface area contributed by atoms with E-state index in [0.29, 0.717) is 10.7 Å². The van der Waals surface area contributed by atoms with Gasteiger partial charge in [0, 0.05) is 16.0 Å². The molecule has 0 aliphatic heterocycles. The maximum atomic E-state index is 8.62. The number of hydrogen-bond acceptors (Lipinski definition) is 3. The molecule has 0 aliphatic carbocycles. The highest BCUT2D eigenvalue weighted by molar-refractivity contribution is 7.13. The highest BCUT2D eigenvalue weighted by Gasteiger charge is 2.03. The molecule has 0 saturated carbocycles. The lowest BCUT2D eigenvalue weighted by atomic mass is 10.2. The first-order valence-corrected chi connectivity index (χ1v) is 5.17. The van der Waals surface area contributed by atoms with Crippen molar-refractivity contribution in [3.63, 3.8) is 0 Å². The molecule has 0 atom stereocenters. The van der Waals surface area contributed by atoms with Crippen molar-refractivity contribution in [3.05, 3.63) is 40.4 Å². The number of rotatable bonds is 1. The van der Waals surface area contributed by atoms with E-state index in [9.17, 15) is 0 Å². The van der Waals surface area contributed by atoms with Crippen molar-refractivity contribution in [2.24, 2.45) is 0 Å². The predicted octanol–water partition coefficient (Wildman–Crippen LogP) is 3.34. The predicted molar refractivity (Wildman–Crippen MR) is 57.3 cm³/mol. The largest absolute Gasteiger partial charge is 0.225 e. The molecule has 0 spiro atoms. The maximum absolute atomic E-state index is 8.62. The van der Waals surface area contributed by atoms with Crippen LogP contribution in [-0.4, -0.2) is 4.98 Å². The SMILES string of the molecule is N#Cc1csc(-c2cccc(Cl)c2)n1. The Morgan fingerprint density at radius 2 is 2.29 bits per heavy atom. The molecule has 0 N–H and O–H groups in total. The fourth-order valence-corrected chi connectivity index (χ4v) is 2.01. The van der Waals surface area contributed by atoms with E-state index in [2.05, 4.69) is 4.98 Å². The van der Waals surface area contributed by atoms with Crippen molar-refractivity contribution in [2.75, 3.05) is 0 Å². The molecule has 0 amide bonds. The molecule has 0 radical (unpaired) electrons. The van der Waals surface area contributed by atoms with Gasteiger partial charge < -0.3 is 0 Å². The van der Waals surface area contributed by atoms with Gasteiger partial charge in [-0.05, 0) is 12.1 Å². The monoisotopic (exact) mass is 220 g/mol. The summed E-state index contributed by atoms with van der Waals surface area (Å²) in [5, 5.41) is 11.9. The number of benzene rings is 1. The fourth-order valence-electron chi connectivity index (χ4n) is 1.08. The van der Waals surface area contributed by atoms with E-state index in [1.807, 2.05) is 30.3 Å². The minimum Gasteiger partial charge on any atom is -0.225 e. The first-order chi connectivity index (χ1) is 6.79. The van der Waals surface area contributed by atoms with Crippen molar-refractivity contribution in [3.8, 4) is 16.6 Å². The van der Waals surface area contributed by atoms with E-state index in [0.717, 1.165) is 10.6 Å². The number of nitrogens with zero attached hydrogens (tertiary/aromatic N) is 2. The third-order valence-corrected chi connectivity index (χ3v) is 2.82. The maximum Gasteiger partial charge on any atom is 0.152 e. The summed E-state index contributed by atoms with van der Waals surface area (Å²) in [5.41, 5.74) is 1.40. The molecule has 0 fully saturated rings. The van der Waals surface area contributed by atoms with Gasteiger partial charge in [0.1, 0.15) is 11.1 Å². The van der Waals surface area contributed by atoms with Crippen molar-refractivity contribution in [1.29, 1.82) is 5.26 Å². The Labute approximate surface area is 90.4 Å². The Morgan fingerprint density at radius 1 is 1.43 bits per heavy atom.